The van der Waals surface area contributed by atoms with Gasteiger partial charge in [0.15, 0.2) is 23.0 Å². The van der Waals surface area contributed by atoms with Gasteiger partial charge in [-0.3, -0.25) is 9.59 Å². The van der Waals surface area contributed by atoms with Gasteiger partial charge in [0.25, 0.3) is 5.91 Å². The second-order valence-electron chi connectivity index (χ2n) is 7.09. The molecular formula is C23H27NO7. The van der Waals surface area contributed by atoms with E-state index in [2.05, 4.69) is 0 Å². The summed E-state index contributed by atoms with van der Waals surface area (Å²) in [7, 11) is 3.09. The molecule has 166 valence electrons. The Morgan fingerprint density at radius 2 is 1.97 bits per heavy atom. The zero-order valence-corrected chi connectivity index (χ0v) is 18.1. The number of Topliss-reactive ketones (excluding diaryl/α,β-unsaturated/α-hetero) is 1. The van der Waals surface area contributed by atoms with Crippen molar-refractivity contribution in [3.05, 3.63) is 58.7 Å². The van der Waals surface area contributed by atoms with E-state index in [-0.39, 0.29) is 11.3 Å². The van der Waals surface area contributed by atoms with Crippen LogP contribution in [0.2, 0.25) is 0 Å². The van der Waals surface area contributed by atoms with Gasteiger partial charge in [0.2, 0.25) is 5.78 Å². The third kappa shape index (κ3) is 4.44. The van der Waals surface area contributed by atoms with Crippen molar-refractivity contribution >= 4 is 11.7 Å². The van der Waals surface area contributed by atoms with E-state index in [1.807, 2.05) is 6.92 Å². The van der Waals surface area contributed by atoms with Crippen LogP contribution in [-0.2, 0) is 9.53 Å². The van der Waals surface area contributed by atoms with Crippen LogP contribution in [0.25, 0.3) is 0 Å². The molecule has 0 fully saturated rings. The molecule has 8 nitrogen and oxygen atoms in total. The van der Waals surface area contributed by atoms with Crippen LogP contribution in [0.1, 0.15) is 41.3 Å². The van der Waals surface area contributed by atoms with Crippen molar-refractivity contribution in [1.29, 1.82) is 0 Å². The average Bonchev–Trinajstić information content (AvgIpc) is 3.30. The van der Waals surface area contributed by atoms with Gasteiger partial charge in [-0.1, -0.05) is 6.07 Å². The van der Waals surface area contributed by atoms with Crippen molar-refractivity contribution in [1.82, 2.24) is 4.90 Å². The van der Waals surface area contributed by atoms with Crippen molar-refractivity contribution < 1.29 is 33.3 Å². The highest BCUT2D eigenvalue weighted by molar-refractivity contribution is 6.15. The fourth-order valence-electron chi connectivity index (χ4n) is 3.66. The molecule has 1 aromatic heterocycles. The van der Waals surface area contributed by atoms with E-state index in [0.717, 1.165) is 0 Å². The Bertz CT molecular complexity index is 992. The smallest absolute Gasteiger partial charge is 0.290 e. The molecule has 1 N–H and O–H groups in total. The summed E-state index contributed by atoms with van der Waals surface area (Å²) in [5.41, 5.74) is 0.588. The predicted molar refractivity (Wildman–Crippen MR) is 113 cm³/mol. The molecular weight excluding hydrogens is 402 g/mol. The predicted octanol–water partition coefficient (Wildman–Crippen LogP) is 3.61. The van der Waals surface area contributed by atoms with Crippen LogP contribution in [-0.4, -0.2) is 55.7 Å². The lowest BCUT2D eigenvalue weighted by molar-refractivity contribution is -0.129. The van der Waals surface area contributed by atoms with E-state index >= 15 is 0 Å². The van der Waals surface area contributed by atoms with Crippen molar-refractivity contribution in [2.75, 3.05) is 34.0 Å². The number of amides is 1. The summed E-state index contributed by atoms with van der Waals surface area (Å²) < 4.78 is 21.6. The van der Waals surface area contributed by atoms with Gasteiger partial charge in [0.1, 0.15) is 5.76 Å². The van der Waals surface area contributed by atoms with E-state index in [4.69, 9.17) is 18.6 Å². The number of carbonyl (C=O) groups is 2. The van der Waals surface area contributed by atoms with Crippen LogP contribution in [0.5, 0.6) is 11.5 Å². The van der Waals surface area contributed by atoms with Gasteiger partial charge in [-0.25, -0.2) is 0 Å². The summed E-state index contributed by atoms with van der Waals surface area (Å²) in [4.78, 5) is 27.6. The minimum absolute atomic E-state index is 0.0250. The molecule has 31 heavy (non-hydrogen) atoms. The van der Waals surface area contributed by atoms with Gasteiger partial charge >= 0.3 is 0 Å². The molecule has 0 saturated carbocycles. The number of hydrogen-bond acceptors (Lipinski definition) is 7. The van der Waals surface area contributed by atoms with Gasteiger partial charge < -0.3 is 28.6 Å². The number of hydrogen-bond donors (Lipinski definition) is 1. The number of benzene rings is 1. The average molecular weight is 429 g/mol. The first-order valence-corrected chi connectivity index (χ1v) is 10.1. The van der Waals surface area contributed by atoms with Crippen LogP contribution in [0.3, 0.4) is 0 Å². The molecule has 1 aliphatic heterocycles. The number of ketones is 1. The van der Waals surface area contributed by atoms with Crippen molar-refractivity contribution in [2.24, 2.45) is 0 Å². The maximum atomic E-state index is 13.2. The molecule has 3 rings (SSSR count). The second-order valence-corrected chi connectivity index (χ2v) is 7.09. The Balaban J connectivity index is 2.07. The highest BCUT2D eigenvalue weighted by atomic mass is 16.5. The first-order valence-electron chi connectivity index (χ1n) is 10.1. The number of aliphatic hydroxyl groups excluding tert-OH is 1. The Labute approximate surface area is 181 Å². The first kappa shape index (κ1) is 22.4. The first-order chi connectivity index (χ1) is 14.9. The van der Waals surface area contributed by atoms with Crippen molar-refractivity contribution in [3.8, 4) is 11.5 Å². The van der Waals surface area contributed by atoms with E-state index in [9.17, 15) is 14.7 Å². The molecule has 0 unspecified atom stereocenters. The summed E-state index contributed by atoms with van der Waals surface area (Å²) in [6, 6.07) is 7.59. The van der Waals surface area contributed by atoms with Crippen molar-refractivity contribution in [3.63, 3.8) is 0 Å². The van der Waals surface area contributed by atoms with Gasteiger partial charge in [-0.15, -0.1) is 0 Å². The van der Waals surface area contributed by atoms with E-state index in [0.29, 0.717) is 49.0 Å². The highest BCUT2D eigenvalue weighted by Gasteiger charge is 2.44. The molecule has 1 aromatic carbocycles. The molecule has 1 atom stereocenters. The highest BCUT2D eigenvalue weighted by Crippen LogP contribution is 2.41. The third-order valence-corrected chi connectivity index (χ3v) is 5.06. The van der Waals surface area contributed by atoms with Crippen molar-refractivity contribution in [2.45, 2.75) is 26.3 Å². The molecule has 1 aliphatic rings. The lowest BCUT2D eigenvalue weighted by Crippen LogP contribution is -2.32. The number of rotatable bonds is 10. The van der Waals surface area contributed by atoms with Crippen LogP contribution >= 0.6 is 0 Å². The normalized spacial score (nSPS) is 16.2. The minimum atomic E-state index is -0.799. The quantitative estimate of drug-likeness (QED) is 0.455. The molecule has 1 amide bonds. The number of aliphatic hydroxyl groups is 1. The lowest BCUT2D eigenvalue weighted by Gasteiger charge is -2.27. The van der Waals surface area contributed by atoms with E-state index < -0.39 is 23.5 Å². The Kier molecular flexibility index (Phi) is 7.02. The van der Waals surface area contributed by atoms with Gasteiger partial charge in [-0.2, -0.15) is 0 Å². The molecule has 0 bridgehead atoms. The molecule has 0 aliphatic carbocycles. The Morgan fingerprint density at radius 3 is 2.58 bits per heavy atom. The fraction of sp³-hybridized carbons (Fsp3) is 0.391. The molecule has 0 spiro atoms. The SMILES string of the molecule is CCOc1ccc([C@H]2C(C(=O)c3ccc(C)o3)=C(O)C(=O)N2CCCOC)cc1OC. The fourth-order valence-corrected chi connectivity index (χ4v) is 3.66. The topological polar surface area (TPSA) is 98.4 Å². The summed E-state index contributed by atoms with van der Waals surface area (Å²) in [5.74, 6) is -0.0825. The number of aryl methyl sites for hydroxylation is 1. The van der Waals surface area contributed by atoms with Gasteiger partial charge in [0.05, 0.1) is 25.3 Å². The summed E-state index contributed by atoms with van der Waals surface area (Å²) in [5, 5.41) is 10.7. The molecule has 2 aromatic rings. The molecule has 0 saturated heterocycles. The van der Waals surface area contributed by atoms with Crippen LogP contribution < -0.4 is 9.47 Å². The standard InChI is InChI=1S/C23H27NO7/c1-5-30-16-10-8-15(13-18(16)29-4)20-19(21(25)17-9-7-14(2)31-17)22(26)23(27)24(20)11-6-12-28-3/h7-10,13,20,26H,5-6,11-12H2,1-4H3/t20-/m0/s1. The van der Waals surface area contributed by atoms with Crippen LogP contribution in [0.4, 0.5) is 0 Å². The van der Waals surface area contributed by atoms with Gasteiger partial charge in [-0.05, 0) is 50.1 Å². The summed E-state index contributed by atoms with van der Waals surface area (Å²) in [6.45, 7) is 4.78. The maximum Gasteiger partial charge on any atom is 0.290 e. The van der Waals surface area contributed by atoms with E-state index in [1.165, 1.54) is 18.1 Å². The van der Waals surface area contributed by atoms with Crippen LogP contribution in [0, 0.1) is 6.92 Å². The van der Waals surface area contributed by atoms with Crippen LogP contribution in [0.15, 0.2) is 46.1 Å². The van der Waals surface area contributed by atoms with E-state index in [1.54, 1.807) is 38.3 Å². The third-order valence-electron chi connectivity index (χ3n) is 5.06. The minimum Gasteiger partial charge on any atom is -0.503 e. The lowest BCUT2D eigenvalue weighted by atomic mass is 9.94. The number of ether oxygens (including phenoxy) is 3. The molecule has 2 heterocycles. The zero-order chi connectivity index (χ0) is 22.5. The number of carbonyl (C=O) groups excluding carboxylic acids is 2. The maximum absolute atomic E-state index is 13.2. The Hall–Kier alpha value is -3.26. The molecule has 8 heteroatoms. The number of methoxy groups -OCH3 is 2. The summed E-state index contributed by atoms with van der Waals surface area (Å²) >= 11 is 0. The monoisotopic (exact) mass is 429 g/mol. The zero-order valence-electron chi connectivity index (χ0n) is 18.1. The summed E-state index contributed by atoms with van der Waals surface area (Å²) in [6.07, 6.45) is 0.543. The Morgan fingerprint density at radius 1 is 1.19 bits per heavy atom. The van der Waals surface area contributed by atoms with Gasteiger partial charge in [0, 0.05) is 20.3 Å². The second kappa shape index (κ2) is 9.70. The largest absolute Gasteiger partial charge is 0.503 e. The number of furan rings is 1. The number of nitrogens with zero attached hydrogens (tertiary/aromatic N) is 1. The molecule has 0 radical (unpaired) electrons.